The average Bonchev–Trinajstić information content (AvgIpc) is 3.14. The summed E-state index contributed by atoms with van der Waals surface area (Å²) in [5, 5.41) is 18.2. The van der Waals surface area contributed by atoms with E-state index in [9.17, 15) is 9.90 Å². The summed E-state index contributed by atoms with van der Waals surface area (Å²) in [6, 6.07) is 3.76. The van der Waals surface area contributed by atoms with Gasteiger partial charge in [-0.2, -0.15) is 5.26 Å². The number of aromatic nitrogens is 1. The fourth-order valence-electron chi connectivity index (χ4n) is 1.73. The largest absolute Gasteiger partial charge is 0.505 e. The fourth-order valence-corrected chi connectivity index (χ4v) is 1.73. The van der Waals surface area contributed by atoms with Crippen molar-refractivity contribution in [1.82, 2.24) is 9.88 Å². The Bertz CT molecular complexity index is 463. The Hall–Kier alpha value is -2.09. The van der Waals surface area contributed by atoms with Crippen molar-refractivity contribution in [2.24, 2.45) is 0 Å². The minimum atomic E-state index is -0.220. The lowest BCUT2D eigenvalue weighted by atomic mass is 10.2. The van der Waals surface area contributed by atoms with Gasteiger partial charge in [0.15, 0.2) is 0 Å². The number of nitriles is 1. The monoisotopic (exact) mass is 231 g/mol. The molecule has 5 heteroatoms. The topological polar surface area (TPSA) is 77.2 Å². The molecular weight excluding hydrogens is 218 g/mol. The Morgan fingerprint density at radius 3 is 3.00 bits per heavy atom. The van der Waals surface area contributed by atoms with E-state index in [1.807, 2.05) is 6.07 Å². The van der Waals surface area contributed by atoms with Crippen LogP contribution < -0.4 is 0 Å². The second-order valence-electron chi connectivity index (χ2n) is 4.03. The normalized spacial score (nSPS) is 14.1. The van der Waals surface area contributed by atoms with Crippen molar-refractivity contribution in [2.75, 3.05) is 6.54 Å². The van der Waals surface area contributed by atoms with Crippen LogP contribution in [0.15, 0.2) is 18.5 Å². The van der Waals surface area contributed by atoms with Gasteiger partial charge >= 0.3 is 0 Å². The number of amides is 1. The van der Waals surface area contributed by atoms with E-state index >= 15 is 0 Å². The van der Waals surface area contributed by atoms with Crippen LogP contribution >= 0.6 is 0 Å². The van der Waals surface area contributed by atoms with Crippen LogP contribution in [0.4, 0.5) is 0 Å². The summed E-state index contributed by atoms with van der Waals surface area (Å²) in [5.74, 6) is -0.331. The maximum atomic E-state index is 12.2. The fraction of sp³-hybridized carbons (Fsp3) is 0.417. The van der Waals surface area contributed by atoms with Crippen molar-refractivity contribution in [3.8, 4) is 11.8 Å². The maximum Gasteiger partial charge on any atom is 0.258 e. The zero-order chi connectivity index (χ0) is 12.3. The highest BCUT2D eigenvalue weighted by Gasteiger charge is 2.33. The molecule has 1 aliphatic carbocycles. The molecule has 88 valence electrons. The SMILES string of the molecule is N#CCCN(C(=O)c1ccncc1O)C1CC1. The minimum Gasteiger partial charge on any atom is -0.505 e. The Labute approximate surface area is 99.3 Å². The lowest BCUT2D eigenvalue weighted by Crippen LogP contribution is -2.34. The molecule has 0 bridgehead atoms. The molecule has 17 heavy (non-hydrogen) atoms. The molecule has 0 aliphatic heterocycles. The second kappa shape index (κ2) is 4.83. The van der Waals surface area contributed by atoms with Crippen molar-refractivity contribution in [3.63, 3.8) is 0 Å². The van der Waals surface area contributed by atoms with E-state index in [0.29, 0.717) is 13.0 Å². The molecule has 1 heterocycles. The molecule has 1 aromatic heterocycles. The number of carbonyl (C=O) groups excluding carboxylic acids is 1. The Balaban J connectivity index is 2.16. The smallest absolute Gasteiger partial charge is 0.258 e. The standard InChI is InChI=1S/C12H13N3O2/c13-5-1-7-15(9-2-3-9)12(17)10-4-6-14-8-11(10)16/h4,6,8-9,16H,1-3,7H2. The van der Waals surface area contributed by atoms with Crippen LogP contribution in [0.2, 0.25) is 0 Å². The Morgan fingerprint density at radius 2 is 2.41 bits per heavy atom. The molecule has 0 aromatic carbocycles. The molecule has 0 saturated heterocycles. The molecular formula is C12H13N3O2. The first kappa shape index (κ1) is 11.4. The number of pyridine rings is 1. The van der Waals surface area contributed by atoms with Gasteiger partial charge in [-0.05, 0) is 18.9 Å². The highest BCUT2D eigenvalue weighted by Crippen LogP contribution is 2.29. The van der Waals surface area contributed by atoms with Crippen LogP contribution in [0.5, 0.6) is 5.75 Å². The van der Waals surface area contributed by atoms with Gasteiger partial charge in [-0.3, -0.25) is 9.78 Å². The number of carbonyl (C=O) groups is 1. The lowest BCUT2D eigenvalue weighted by molar-refractivity contribution is 0.0743. The number of hydrogen-bond acceptors (Lipinski definition) is 4. The van der Waals surface area contributed by atoms with Crippen LogP contribution in [-0.2, 0) is 0 Å². The highest BCUT2D eigenvalue weighted by molar-refractivity contribution is 5.97. The van der Waals surface area contributed by atoms with E-state index in [1.165, 1.54) is 18.5 Å². The Kier molecular flexibility index (Phi) is 3.24. The Morgan fingerprint density at radius 1 is 1.65 bits per heavy atom. The van der Waals surface area contributed by atoms with Crippen molar-refractivity contribution in [3.05, 3.63) is 24.0 Å². The first-order chi connectivity index (χ1) is 8.24. The third kappa shape index (κ3) is 2.53. The second-order valence-corrected chi connectivity index (χ2v) is 4.03. The molecule has 0 radical (unpaired) electrons. The molecule has 0 unspecified atom stereocenters. The summed E-state index contributed by atoms with van der Waals surface area (Å²) in [4.78, 5) is 17.6. The van der Waals surface area contributed by atoms with Gasteiger partial charge in [-0.25, -0.2) is 0 Å². The summed E-state index contributed by atoms with van der Waals surface area (Å²) >= 11 is 0. The van der Waals surface area contributed by atoms with E-state index in [1.54, 1.807) is 4.90 Å². The summed E-state index contributed by atoms with van der Waals surface area (Å²) in [6.45, 7) is 0.418. The number of hydrogen-bond donors (Lipinski definition) is 1. The molecule has 1 aliphatic rings. The van der Waals surface area contributed by atoms with Crippen molar-refractivity contribution < 1.29 is 9.90 Å². The molecule has 1 fully saturated rings. The van der Waals surface area contributed by atoms with Crippen molar-refractivity contribution in [1.29, 1.82) is 5.26 Å². The van der Waals surface area contributed by atoms with Gasteiger partial charge in [-0.1, -0.05) is 0 Å². The lowest BCUT2D eigenvalue weighted by Gasteiger charge is -2.21. The summed E-state index contributed by atoms with van der Waals surface area (Å²) < 4.78 is 0. The number of aromatic hydroxyl groups is 1. The third-order valence-electron chi connectivity index (χ3n) is 2.74. The average molecular weight is 231 g/mol. The number of rotatable bonds is 4. The van der Waals surface area contributed by atoms with Gasteiger partial charge in [0.1, 0.15) is 5.75 Å². The molecule has 0 spiro atoms. The van der Waals surface area contributed by atoms with Crippen LogP contribution in [-0.4, -0.2) is 33.5 Å². The molecule has 1 amide bonds. The van der Waals surface area contributed by atoms with Crippen LogP contribution in [0.3, 0.4) is 0 Å². The van der Waals surface area contributed by atoms with Gasteiger partial charge in [0.25, 0.3) is 5.91 Å². The molecule has 5 nitrogen and oxygen atoms in total. The third-order valence-corrected chi connectivity index (χ3v) is 2.74. The molecule has 1 N–H and O–H groups in total. The van der Waals surface area contributed by atoms with E-state index in [-0.39, 0.29) is 23.3 Å². The summed E-state index contributed by atoms with van der Waals surface area (Å²) in [5.41, 5.74) is 0.254. The van der Waals surface area contributed by atoms with E-state index < -0.39 is 0 Å². The molecule has 0 atom stereocenters. The predicted molar refractivity (Wildman–Crippen MR) is 60.2 cm³/mol. The first-order valence-corrected chi connectivity index (χ1v) is 5.55. The van der Waals surface area contributed by atoms with Crippen LogP contribution in [0.1, 0.15) is 29.6 Å². The zero-order valence-corrected chi connectivity index (χ0v) is 9.33. The van der Waals surface area contributed by atoms with E-state index in [0.717, 1.165) is 12.8 Å². The van der Waals surface area contributed by atoms with Gasteiger partial charge in [0.05, 0.1) is 24.3 Å². The van der Waals surface area contributed by atoms with Gasteiger partial charge < -0.3 is 10.0 Å². The van der Waals surface area contributed by atoms with Crippen molar-refractivity contribution >= 4 is 5.91 Å². The first-order valence-electron chi connectivity index (χ1n) is 5.55. The van der Waals surface area contributed by atoms with Crippen LogP contribution in [0, 0.1) is 11.3 Å². The number of nitrogens with zero attached hydrogens (tertiary/aromatic N) is 3. The molecule has 1 aromatic rings. The summed E-state index contributed by atoms with van der Waals surface area (Å²) in [6.07, 6.45) is 4.99. The van der Waals surface area contributed by atoms with Gasteiger partial charge in [0.2, 0.25) is 0 Å². The maximum absolute atomic E-state index is 12.2. The molecule has 2 rings (SSSR count). The molecule has 1 saturated carbocycles. The zero-order valence-electron chi connectivity index (χ0n) is 9.33. The van der Waals surface area contributed by atoms with E-state index in [2.05, 4.69) is 4.98 Å². The highest BCUT2D eigenvalue weighted by atomic mass is 16.3. The minimum absolute atomic E-state index is 0.111. The summed E-state index contributed by atoms with van der Waals surface area (Å²) in [7, 11) is 0. The van der Waals surface area contributed by atoms with Gasteiger partial charge in [-0.15, -0.1) is 0 Å². The van der Waals surface area contributed by atoms with E-state index in [4.69, 9.17) is 5.26 Å². The van der Waals surface area contributed by atoms with Gasteiger partial charge in [0, 0.05) is 18.8 Å². The predicted octanol–water partition coefficient (Wildman–Crippen LogP) is 1.31. The van der Waals surface area contributed by atoms with Crippen molar-refractivity contribution in [2.45, 2.75) is 25.3 Å². The van der Waals surface area contributed by atoms with Crippen LogP contribution in [0.25, 0.3) is 0 Å². The quantitative estimate of drug-likeness (QED) is 0.847.